The van der Waals surface area contributed by atoms with Crippen molar-refractivity contribution >= 4 is 23.4 Å². The van der Waals surface area contributed by atoms with Gasteiger partial charge in [0, 0.05) is 19.0 Å². The molecule has 0 unspecified atom stereocenters. The third kappa shape index (κ3) is 7.38. The zero-order valence-electron chi connectivity index (χ0n) is 18.0. The number of aromatic nitrogens is 2. The van der Waals surface area contributed by atoms with Crippen molar-refractivity contribution in [3.05, 3.63) is 21.6 Å². The van der Waals surface area contributed by atoms with Crippen LogP contribution < -0.4 is 5.56 Å². The van der Waals surface area contributed by atoms with Crippen LogP contribution in [-0.4, -0.2) is 28.7 Å². The normalized spacial score (nSPS) is 20.5. The topological polar surface area (TPSA) is 44.1 Å². The van der Waals surface area contributed by atoms with Gasteiger partial charge in [-0.15, -0.1) is 11.8 Å². The van der Waals surface area contributed by atoms with Crippen LogP contribution in [0.2, 0.25) is 5.02 Å². The molecule has 160 valence electrons. The van der Waals surface area contributed by atoms with Crippen LogP contribution in [0.25, 0.3) is 0 Å². The second kappa shape index (κ2) is 11.6. The van der Waals surface area contributed by atoms with E-state index in [1.54, 1.807) is 18.0 Å². The molecule has 6 heteroatoms. The first-order valence-electron chi connectivity index (χ1n) is 10.8. The Hall–Kier alpha value is -0.520. The maximum atomic E-state index is 12.5. The minimum atomic E-state index is -0.361. The van der Waals surface area contributed by atoms with E-state index in [9.17, 15) is 4.79 Å². The van der Waals surface area contributed by atoms with Gasteiger partial charge in [-0.1, -0.05) is 37.8 Å². The minimum Gasteiger partial charge on any atom is -0.381 e. The Kier molecular flexibility index (Phi) is 9.85. The van der Waals surface area contributed by atoms with Crippen LogP contribution in [0, 0.1) is 11.8 Å². The molecule has 1 fully saturated rings. The summed E-state index contributed by atoms with van der Waals surface area (Å²) >= 11 is 8.02. The van der Waals surface area contributed by atoms with Gasteiger partial charge in [0.15, 0.2) is 0 Å². The molecular weight excluding hydrogens is 392 g/mol. The van der Waals surface area contributed by atoms with E-state index in [2.05, 4.69) is 12.0 Å². The fourth-order valence-electron chi connectivity index (χ4n) is 3.65. The predicted molar refractivity (Wildman–Crippen MR) is 120 cm³/mol. The summed E-state index contributed by atoms with van der Waals surface area (Å²) in [6, 6.07) is 0. The lowest BCUT2D eigenvalue weighted by atomic mass is 9.83. The van der Waals surface area contributed by atoms with Crippen LogP contribution in [0.4, 0.5) is 0 Å². The first-order valence-corrected chi connectivity index (χ1v) is 12.2. The highest BCUT2D eigenvalue weighted by atomic mass is 35.5. The molecule has 0 aliphatic heterocycles. The van der Waals surface area contributed by atoms with Crippen LogP contribution in [0.15, 0.2) is 15.9 Å². The highest BCUT2D eigenvalue weighted by Crippen LogP contribution is 2.34. The van der Waals surface area contributed by atoms with Gasteiger partial charge in [0.2, 0.25) is 0 Å². The second-order valence-electron chi connectivity index (χ2n) is 9.04. The summed E-state index contributed by atoms with van der Waals surface area (Å²) in [5.74, 6) is 2.41. The maximum absolute atomic E-state index is 12.5. The van der Waals surface area contributed by atoms with Gasteiger partial charge in [0.05, 0.1) is 16.6 Å². The summed E-state index contributed by atoms with van der Waals surface area (Å²) in [5.41, 5.74) is -0.556. The molecule has 1 heterocycles. The lowest BCUT2D eigenvalue weighted by molar-refractivity contribution is 0.0769. The third-order valence-corrected chi connectivity index (χ3v) is 7.19. The highest BCUT2D eigenvalue weighted by Gasteiger charge is 2.23. The SMILES string of the molecule is CCCCCCOCC1CCC(CSc2cnn(C(C)(C)C)c(=O)c2Cl)CC1. The van der Waals surface area contributed by atoms with Crippen molar-refractivity contribution in [3.8, 4) is 0 Å². The molecule has 1 aliphatic rings. The van der Waals surface area contributed by atoms with Gasteiger partial charge in [-0.25, -0.2) is 4.68 Å². The van der Waals surface area contributed by atoms with Gasteiger partial charge in [0.1, 0.15) is 5.02 Å². The van der Waals surface area contributed by atoms with E-state index in [-0.39, 0.29) is 11.1 Å². The number of unbranched alkanes of at least 4 members (excludes halogenated alkanes) is 3. The molecule has 1 aromatic heterocycles. The van der Waals surface area contributed by atoms with Gasteiger partial charge in [-0.05, 0) is 64.7 Å². The molecule has 1 aromatic rings. The van der Waals surface area contributed by atoms with Crippen molar-refractivity contribution in [1.82, 2.24) is 9.78 Å². The number of hydrogen-bond acceptors (Lipinski definition) is 4. The van der Waals surface area contributed by atoms with Crippen LogP contribution in [0.3, 0.4) is 0 Å². The van der Waals surface area contributed by atoms with Crippen LogP contribution in [0.5, 0.6) is 0 Å². The molecule has 0 amide bonds. The lowest BCUT2D eigenvalue weighted by Crippen LogP contribution is -2.36. The summed E-state index contributed by atoms with van der Waals surface area (Å²) in [7, 11) is 0. The fourth-order valence-corrected chi connectivity index (χ4v) is 5.03. The van der Waals surface area contributed by atoms with Crippen LogP contribution in [0.1, 0.15) is 79.1 Å². The Morgan fingerprint density at radius 3 is 2.50 bits per heavy atom. The Labute approximate surface area is 179 Å². The Balaban J connectivity index is 1.71. The molecule has 4 nitrogen and oxygen atoms in total. The van der Waals surface area contributed by atoms with Crippen molar-refractivity contribution in [3.63, 3.8) is 0 Å². The predicted octanol–water partition coefficient (Wildman–Crippen LogP) is 6.15. The summed E-state index contributed by atoms with van der Waals surface area (Å²) in [6.45, 7) is 9.95. The van der Waals surface area contributed by atoms with Gasteiger partial charge < -0.3 is 4.74 Å². The van der Waals surface area contributed by atoms with E-state index in [1.807, 2.05) is 20.8 Å². The molecule has 0 atom stereocenters. The molecule has 0 radical (unpaired) electrons. The second-order valence-corrected chi connectivity index (χ2v) is 10.5. The van der Waals surface area contributed by atoms with Crippen molar-refractivity contribution in [2.75, 3.05) is 19.0 Å². The number of nitrogens with zero attached hydrogens (tertiary/aromatic N) is 2. The average Bonchev–Trinajstić information content (AvgIpc) is 2.65. The summed E-state index contributed by atoms with van der Waals surface area (Å²) < 4.78 is 7.35. The first-order chi connectivity index (χ1) is 13.3. The van der Waals surface area contributed by atoms with Crippen molar-refractivity contribution < 1.29 is 4.74 Å². The smallest absolute Gasteiger partial charge is 0.287 e. The van der Waals surface area contributed by atoms with E-state index in [0.717, 1.165) is 23.9 Å². The molecule has 0 aromatic carbocycles. The molecule has 0 bridgehead atoms. The van der Waals surface area contributed by atoms with Gasteiger partial charge in [-0.3, -0.25) is 4.79 Å². The summed E-state index contributed by atoms with van der Waals surface area (Å²) in [6.07, 6.45) is 11.8. The van der Waals surface area contributed by atoms with Gasteiger partial charge in [-0.2, -0.15) is 5.10 Å². The summed E-state index contributed by atoms with van der Waals surface area (Å²) in [5, 5.41) is 4.63. The number of rotatable bonds is 10. The Bertz CT molecular complexity index is 649. The largest absolute Gasteiger partial charge is 0.381 e. The lowest BCUT2D eigenvalue weighted by Gasteiger charge is -2.28. The quantitative estimate of drug-likeness (QED) is 0.331. The molecule has 2 rings (SSSR count). The first kappa shape index (κ1) is 23.8. The molecule has 0 saturated heterocycles. The Morgan fingerprint density at radius 2 is 1.86 bits per heavy atom. The van der Waals surface area contributed by atoms with Crippen molar-refractivity contribution in [2.45, 2.75) is 89.5 Å². The molecular formula is C22H37ClN2O2S. The van der Waals surface area contributed by atoms with E-state index in [0.29, 0.717) is 16.9 Å². The van der Waals surface area contributed by atoms with Gasteiger partial charge >= 0.3 is 0 Å². The standard InChI is InChI=1S/C22H37ClN2O2S/c1-5-6-7-8-13-27-15-17-9-11-18(12-10-17)16-28-19-14-24-25(22(2,3)4)21(26)20(19)23/h14,17-18H,5-13,15-16H2,1-4H3. The maximum Gasteiger partial charge on any atom is 0.287 e. The number of halogens is 1. The number of ether oxygens (including phenoxy) is 1. The molecule has 1 aliphatic carbocycles. The number of hydrogen-bond donors (Lipinski definition) is 0. The Morgan fingerprint density at radius 1 is 1.18 bits per heavy atom. The minimum absolute atomic E-state index is 0.195. The molecule has 28 heavy (non-hydrogen) atoms. The third-order valence-electron chi connectivity index (χ3n) is 5.46. The molecule has 0 N–H and O–H groups in total. The summed E-state index contributed by atoms with van der Waals surface area (Å²) in [4.78, 5) is 13.3. The highest BCUT2D eigenvalue weighted by molar-refractivity contribution is 7.99. The van der Waals surface area contributed by atoms with E-state index in [1.165, 1.54) is 56.0 Å². The van der Waals surface area contributed by atoms with E-state index >= 15 is 0 Å². The van der Waals surface area contributed by atoms with Crippen molar-refractivity contribution in [1.29, 1.82) is 0 Å². The average molecular weight is 429 g/mol. The van der Waals surface area contributed by atoms with Crippen LogP contribution >= 0.6 is 23.4 Å². The zero-order chi connectivity index (χ0) is 20.6. The fraction of sp³-hybridized carbons (Fsp3) is 0.818. The van der Waals surface area contributed by atoms with Gasteiger partial charge in [0.25, 0.3) is 5.56 Å². The van der Waals surface area contributed by atoms with Crippen molar-refractivity contribution in [2.24, 2.45) is 11.8 Å². The molecule has 0 spiro atoms. The molecule has 1 saturated carbocycles. The zero-order valence-corrected chi connectivity index (χ0v) is 19.6. The number of thioether (sulfide) groups is 1. The van der Waals surface area contributed by atoms with E-state index < -0.39 is 0 Å². The van der Waals surface area contributed by atoms with Crippen LogP contribution in [-0.2, 0) is 10.3 Å². The van der Waals surface area contributed by atoms with E-state index in [4.69, 9.17) is 16.3 Å². The monoisotopic (exact) mass is 428 g/mol.